The predicted octanol–water partition coefficient (Wildman–Crippen LogP) is 3.41. The van der Waals surface area contributed by atoms with Gasteiger partial charge in [0.15, 0.2) is 5.54 Å². The number of carbonyl (C=O) groups is 1. The van der Waals surface area contributed by atoms with Crippen molar-refractivity contribution < 1.29 is 28.2 Å². The number of pyridine rings is 1. The minimum absolute atomic E-state index is 0.0144. The van der Waals surface area contributed by atoms with Crippen LogP contribution in [0.4, 0.5) is 4.39 Å². The van der Waals surface area contributed by atoms with Gasteiger partial charge in [-0.1, -0.05) is 30.3 Å². The third-order valence-corrected chi connectivity index (χ3v) is 5.20. The van der Waals surface area contributed by atoms with E-state index in [9.17, 15) is 9.18 Å². The molecular weight excluding hydrogens is 429 g/mol. The summed E-state index contributed by atoms with van der Waals surface area (Å²) in [5.74, 6) is 1.20. The molecular formula is C24H22FN3O5. The molecule has 0 spiro atoms. The number of aliphatic imine (C=N–C) groups is 1. The third-order valence-electron chi connectivity index (χ3n) is 5.20. The summed E-state index contributed by atoms with van der Waals surface area (Å²) in [6, 6.07) is 17.0. The van der Waals surface area contributed by atoms with Gasteiger partial charge in [-0.2, -0.15) is 5.48 Å². The van der Waals surface area contributed by atoms with Crippen LogP contribution in [0.5, 0.6) is 11.5 Å². The van der Waals surface area contributed by atoms with Gasteiger partial charge in [-0.15, -0.1) is 0 Å². The summed E-state index contributed by atoms with van der Waals surface area (Å²) in [4.78, 5) is 24.1. The molecule has 0 saturated heterocycles. The van der Waals surface area contributed by atoms with E-state index in [-0.39, 0.29) is 25.7 Å². The number of alkyl halides is 1. The van der Waals surface area contributed by atoms with E-state index in [1.54, 1.807) is 31.6 Å². The zero-order valence-corrected chi connectivity index (χ0v) is 17.9. The van der Waals surface area contributed by atoms with Gasteiger partial charge in [-0.25, -0.2) is 9.38 Å². The third kappa shape index (κ3) is 4.72. The molecule has 2 aromatic carbocycles. The largest absolute Gasteiger partial charge is 0.495 e. The molecule has 1 aliphatic rings. The Morgan fingerprint density at radius 2 is 1.94 bits per heavy atom. The van der Waals surface area contributed by atoms with E-state index in [0.717, 1.165) is 22.3 Å². The highest BCUT2D eigenvalue weighted by Gasteiger charge is 2.41. The maximum atomic E-state index is 12.4. The van der Waals surface area contributed by atoms with Crippen LogP contribution in [-0.4, -0.2) is 44.5 Å². The number of ether oxygens (including phenoxy) is 3. The van der Waals surface area contributed by atoms with E-state index in [0.29, 0.717) is 11.5 Å². The number of carbonyl (C=O) groups excluding carboxylic acids is 1. The molecule has 8 nitrogen and oxygen atoms in total. The molecule has 9 heteroatoms. The molecule has 1 unspecified atom stereocenters. The highest BCUT2D eigenvalue weighted by atomic mass is 19.1. The van der Waals surface area contributed by atoms with Crippen LogP contribution in [0.1, 0.15) is 11.1 Å². The van der Waals surface area contributed by atoms with Gasteiger partial charge in [0, 0.05) is 11.8 Å². The molecule has 0 amide bonds. The fraction of sp³-hybridized carbons (Fsp3) is 0.208. The van der Waals surface area contributed by atoms with Crippen LogP contribution in [0.2, 0.25) is 0 Å². The quantitative estimate of drug-likeness (QED) is 0.394. The first-order chi connectivity index (χ1) is 16.2. The second-order valence-electron chi connectivity index (χ2n) is 7.14. The van der Waals surface area contributed by atoms with Crippen molar-refractivity contribution in [1.82, 2.24) is 10.5 Å². The van der Waals surface area contributed by atoms with Gasteiger partial charge in [-0.3, -0.25) is 9.78 Å². The highest BCUT2D eigenvalue weighted by molar-refractivity contribution is 5.77. The molecule has 1 atom stereocenters. The van der Waals surface area contributed by atoms with Gasteiger partial charge in [0.1, 0.15) is 31.4 Å². The first-order valence-corrected chi connectivity index (χ1v) is 10.2. The molecule has 4 rings (SSSR count). The van der Waals surface area contributed by atoms with Crippen LogP contribution in [0.3, 0.4) is 0 Å². The summed E-state index contributed by atoms with van der Waals surface area (Å²) in [7, 11) is 1.59. The lowest BCUT2D eigenvalue weighted by Crippen LogP contribution is -2.27. The minimum Gasteiger partial charge on any atom is -0.495 e. The van der Waals surface area contributed by atoms with Gasteiger partial charge in [0.05, 0.1) is 13.3 Å². The Balaban J connectivity index is 1.76. The molecule has 0 aliphatic carbocycles. The summed E-state index contributed by atoms with van der Waals surface area (Å²) in [5, 5.41) is 0. The number of hydrogen-bond acceptors (Lipinski definition) is 8. The van der Waals surface area contributed by atoms with E-state index >= 15 is 0 Å². The lowest BCUT2D eigenvalue weighted by atomic mass is 9.83. The fourth-order valence-electron chi connectivity index (χ4n) is 3.63. The van der Waals surface area contributed by atoms with Crippen LogP contribution < -0.4 is 15.0 Å². The highest BCUT2D eigenvalue weighted by Crippen LogP contribution is 2.40. The molecule has 170 valence electrons. The number of amidine groups is 1. The van der Waals surface area contributed by atoms with Crippen LogP contribution in [0, 0.1) is 0 Å². The molecule has 0 saturated carbocycles. The van der Waals surface area contributed by atoms with Gasteiger partial charge in [0.25, 0.3) is 0 Å². The van der Waals surface area contributed by atoms with Gasteiger partial charge in [-0.05, 0) is 41.0 Å². The molecule has 0 radical (unpaired) electrons. The Morgan fingerprint density at radius 1 is 1.09 bits per heavy atom. The lowest BCUT2D eigenvalue weighted by Gasteiger charge is -2.26. The lowest BCUT2D eigenvalue weighted by molar-refractivity contribution is -0.132. The Kier molecular flexibility index (Phi) is 6.68. The number of methoxy groups -OCH3 is 1. The van der Waals surface area contributed by atoms with Crippen molar-refractivity contribution in [3.05, 3.63) is 78.1 Å². The minimum atomic E-state index is -0.921. The summed E-state index contributed by atoms with van der Waals surface area (Å²) < 4.78 is 28.8. The van der Waals surface area contributed by atoms with Crippen molar-refractivity contribution in [3.63, 3.8) is 0 Å². The maximum Gasteiger partial charge on any atom is 0.320 e. The molecule has 0 fully saturated rings. The predicted molar refractivity (Wildman–Crippen MR) is 119 cm³/mol. The number of rotatable bonds is 9. The molecule has 33 heavy (non-hydrogen) atoms. The average molecular weight is 451 g/mol. The average Bonchev–Trinajstić information content (AvgIpc) is 3.32. The Bertz CT molecular complexity index is 1140. The molecule has 1 aromatic heterocycles. The van der Waals surface area contributed by atoms with E-state index < -0.39 is 12.2 Å². The maximum absolute atomic E-state index is 12.4. The summed E-state index contributed by atoms with van der Waals surface area (Å²) in [5.41, 5.74) is 4.94. The van der Waals surface area contributed by atoms with Gasteiger partial charge in [0.2, 0.25) is 0 Å². The molecule has 1 N–H and O–H groups in total. The normalized spacial score (nSPS) is 17.0. The Hall–Kier alpha value is -4.14. The number of benzene rings is 2. The Labute approximate surface area is 189 Å². The second kappa shape index (κ2) is 9.99. The monoisotopic (exact) mass is 451 g/mol. The van der Waals surface area contributed by atoms with E-state index in [1.165, 1.54) is 0 Å². The number of nitrogens with one attached hydrogen (secondary N) is 1. The first-order valence-electron chi connectivity index (χ1n) is 10.2. The summed E-state index contributed by atoms with van der Waals surface area (Å²) in [6.07, 6.45) is 3.39. The number of hydroxylamine groups is 1. The van der Waals surface area contributed by atoms with E-state index in [4.69, 9.17) is 19.2 Å². The SMILES string of the molecule is COc1cncc(-c2cccc(C3(c4ccc(OCCF)cc4)COC(NOC=O)=N3)c2)c1. The van der Waals surface area contributed by atoms with E-state index in [2.05, 4.69) is 15.3 Å². The number of hydrogen-bond donors (Lipinski definition) is 1. The summed E-state index contributed by atoms with van der Waals surface area (Å²) in [6.45, 7) is -0.164. The topological polar surface area (TPSA) is 91.3 Å². The number of nitrogens with zero attached hydrogens (tertiary/aromatic N) is 2. The standard InChI is InChI=1S/C24H22FN3O5/c1-30-22-12-18(13-26-14-22)17-3-2-4-20(11-17)24(15-32-23(27-24)28-33-16-29)19-5-7-21(8-6-19)31-10-9-25/h2-8,11-14,16H,9-10,15H2,1H3,(H,27,28). The van der Waals surface area contributed by atoms with Crippen molar-refractivity contribution in [2.24, 2.45) is 4.99 Å². The van der Waals surface area contributed by atoms with Gasteiger partial charge >= 0.3 is 12.5 Å². The van der Waals surface area contributed by atoms with Crippen LogP contribution in [0.25, 0.3) is 11.1 Å². The van der Waals surface area contributed by atoms with Crippen LogP contribution >= 0.6 is 0 Å². The molecule has 3 aromatic rings. The summed E-state index contributed by atoms with van der Waals surface area (Å²) >= 11 is 0. The molecule has 0 bridgehead atoms. The van der Waals surface area contributed by atoms with Crippen molar-refractivity contribution >= 4 is 12.5 Å². The number of aromatic nitrogens is 1. The smallest absolute Gasteiger partial charge is 0.320 e. The van der Waals surface area contributed by atoms with Crippen LogP contribution in [0.15, 0.2) is 72.0 Å². The molecule has 1 aliphatic heterocycles. The van der Waals surface area contributed by atoms with Crippen molar-refractivity contribution in [2.45, 2.75) is 5.54 Å². The zero-order chi connectivity index (χ0) is 23.1. The van der Waals surface area contributed by atoms with Crippen molar-refractivity contribution in [2.75, 3.05) is 27.0 Å². The fourth-order valence-corrected chi connectivity index (χ4v) is 3.63. The molecule has 2 heterocycles. The van der Waals surface area contributed by atoms with E-state index in [1.807, 2.05) is 42.5 Å². The first kappa shape index (κ1) is 22.1. The van der Waals surface area contributed by atoms with Crippen LogP contribution in [-0.2, 0) is 19.9 Å². The Morgan fingerprint density at radius 3 is 2.70 bits per heavy atom. The van der Waals surface area contributed by atoms with Crippen molar-refractivity contribution in [1.29, 1.82) is 0 Å². The van der Waals surface area contributed by atoms with Crippen molar-refractivity contribution in [3.8, 4) is 22.6 Å². The second-order valence-corrected chi connectivity index (χ2v) is 7.14. The zero-order valence-electron chi connectivity index (χ0n) is 17.9. The number of halogens is 1. The van der Waals surface area contributed by atoms with Gasteiger partial charge < -0.3 is 19.0 Å².